The summed E-state index contributed by atoms with van der Waals surface area (Å²) in [7, 11) is 0. The SMILES string of the molecule is O=C(O)Oc1cnn(-c2cccc(-c3cc(F)ccc3-c3ccc(C4CCN(CC(F)(F)F)CC4)cc3)n2)c1C(F)(F)F. The van der Waals surface area contributed by atoms with Gasteiger partial charge in [0.25, 0.3) is 0 Å². The highest BCUT2D eigenvalue weighted by Crippen LogP contribution is 2.39. The van der Waals surface area contributed by atoms with E-state index in [1.54, 1.807) is 12.1 Å². The molecule has 0 amide bonds. The van der Waals surface area contributed by atoms with Crippen LogP contribution in [0.5, 0.6) is 5.75 Å². The van der Waals surface area contributed by atoms with Gasteiger partial charge in [0.15, 0.2) is 17.3 Å². The van der Waals surface area contributed by atoms with Crippen LogP contribution in [0.4, 0.5) is 35.5 Å². The molecule has 1 N–H and O–H groups in total. The highest BCUT2D eigenvalue weighted by Gasteiger charge is 2.41. The average molecular weight is 609 g/mol. The third-order valence-electron chi connectivity index (χ3n) is 7.09. The highest BCUT2D eigenvalue weighted by molar-refractivity contribution is 5.82. The van der Waals surface area contributed by atoms with E-state index < -0.39 is 42.3 Å². The molecule has 4 aromatic rings. The van der Waals surface area contributed by atoms with Crippen LogP contribution in [0.2, 0.25) is 0 Å². The van der Waals surface area contributed by atoms with Gasteiger partial charge in [-0.25, -0.2) is 18.9 Å². The van der Waals surface area contributed by atoms with Gasteiger partial charge in [-0.3, -0.25) is 4.90 Å². The molecule has 1 saturated heterocycles. The summed E-state index contributed by atoms with van der Waals surface area (Å²) in [6.07, 6.45) is -9.48. The molecule has 0 bridgehead atoms. The van der Waals surface area contributed by atoms with Gasteiger partial charge in [-0.1, -0.05) is 36.4 Å². The van der Waals surface area contributed by atoms with Crippen LogP contribution in [-0.4, -0.2) is 56.7 Å². The summed E-state index contributed by atoms with van der Waals surface area (Å²) in [6.45, 7) is -0.283. The minimum atomic E-state index is -5.04. The van der Waals surface area contributed by atoms with E-state index >= 15 is 0 Å². The lowest BCUT2D eigenvalue weighted by molar-refractivity contribution is -0.148. The fraction of sp³-hybridized carbons (Fsp3) is 0.276. The lowest BCUT2D eigenvalue weighted by Crippen LogP contribution is -2.39. The number of piperidine rings is 1. The van der Waals surface area contributed by atoms with Crippen LogP contribution in [0, 0.1) is 5.82 Å². The van der Waals surface area contributed by atoms with Crippen LogP contribution in [-0.2, 0) is 6.18 Å². The first-order valence-corrected chi connectivity index (χ1v) is 13.0. The number of carboxylic acid groups (broad SMARTS) is 1. The third kappa shape index (κ3) is 6.96. The first-order valence-electron chi connectivity index (χ1n) is 13.0. The monoisotopic (exact) mass is 608 g/mol. The molecule has 1 fully saturated rings. The molecule has 2 aromatic heterocycles. The highest BCUT2D eigenvalue weighted by atomic mass is 19.4. The number of nitrogens with zero attached hydrogens (tertiary/aromatic N) is 4. The van der Waals surface area contributed by atoms with Crippen LogP contribution in [0.3, 0.4) is 0 Å². The lowest BCUT2D eigenvalue weighted by Gasteiger charge is -2.32. The predicted molar refractivity (Wildman–Crippen MR) is 140 cm³/mol. The minimum absolute atomic E-state index is 0.0801. The Morgan fingerprint density at radius 2 is 1.65 bits per heavy atom. The van der Waals surface area contributed by atoms with Crippen LogP contribution in [0.25, 0.3) is 28.2 Å². The maximum atomic E-state index is 14.4. The second-order valence-electron chi connectivity index (χ2n) is 9.99. The van der Waals surface area contributed by atoms with Crippen LogP contribution >= 0.6 is 0 Å². The zero-order chi connectivity index (χ0) is 30.9. The van der Waals surface area contributed by atoms with E-state index in [0.717, 1.165) is 5.56 Å². The number of benzene rings is 2. The van der Waals surface area contributed by atoms with E-state index in [2.05, 4.69) is 14.8 Å². The first kappa shape index (κ1) is 30.0. The van der Waals surface area contributed by atoms with E-state index in [0.29, 0.717) is 47.9 Å². The summed E-state index contributed by atoms with van der Waals surface area (Å²) in [5.74, 6) is -1.87. The first-order chi connectivity index (χ1) is 20.3. The summed E-state index contributed by atoms with van der Waals surface area (Å²) in [5.41, 5.74) is 1.06. The Morgan fingerprint density at radius 3 is 2.28 bits per heavy atom. The zero-order valence-corrected chi connectivity index (χ0v) is 22.2. The molecule has 1 aliphatic rings. The van der Waals surface area contributed by atoms with Crippen molar-refractivity contribution in [2.75, 3.05) is 19.6 Å². The Morgan fingerprint density at radius 1 is 0.953 bits per heavy atom. The molecule has 0 atom stereocenters. The number of pyridine rings is 1. The van der Waals surface area contributed by atoms with Crippen LogP contribution in [0.15, 0.2) is 66.9 Å². The number of halogens is 7. The zero-order valence-electron chi connectivity index (χ0n) is 22.2. The quantitative estimate of drug-likeness (QED) is 0.180. The average Bonchev–Trinajstić information content (AvgIpc) is 3.36. The topological polar surface area (TPSA) is 80.5 Å². The van der Waals surface area contributed by atoms with Crippen LogP contribution < -0.4 is 4.74 Å². The summed E-state index contributed by atoms with van der Waals surface area (Å²) < 4.78 is 98.7. The fourth-order valence-electron chi connectivity index (χ4n) is 5.22. The van der Waals surface area contributed by atoms with Crippen molar-refractivity contribution in [1.82, 2.24) is 19.7 Å². The van der Waals surface area contributed by atoms with E-state index in [-0.39, 0.29) is 23.0 Å². The molecule has 43 heavy (non-hydrogen) atoms. The van der Waals surface area contributed by atoms with E-state index in [1.807, 2.05) is 12.1 Å². The minimum Gasteiger partial charge on any atom is -0.449 e. The van der Waals surface area contributed by atoms with Gasteiger partial charge in [0, 0.05) is 5.56 Å². The number of ether oxygens (including phenoxy) is 1. The van der Waals surface area contributed by atoms with E-state index in [9.17, 15) is 35.5 Å². The molecule has 7 nitrogen and oxygen atoms in total. The number of alkyl halides is 6. The third-order valence-corrected chi connectivity index (χ3v) is 7.09. The maximum Gasteiger partial charge on any atom is 0.511 e. The van der Waals surface area contributed by atoms with Gasteiger partial charge in [0.1, 0.15) is 5.82 Å². The number of hydrogen-bond donors (Lipinski definition) is 1. The summed E-state index contributed by atoms with van der Waals surface area (Å²) in [6, 6.07) is 15.4. The normalized spacial score (nSPS) is 15.0. The van der Waals surface area contributed by atoms with Gasteiger partial charge in [-0.05, 0) is 72.8 Å². The molecular weight excluding hydrogens is 585 g/mol. The summed E-state index contributed by atoms with van der Waals surface area (Å²) in [4.78, 5) is 16.6. The van der Waals surface area contributed by atoms with Crippen molar-refractivity contribution in [3.05, 3.63) is 83.9 Å². The number of carbonyl (C=O) groups is 1. The number of rotatable bonds is 6. The standard InChI is InChI=1S/C29H23F7N4O3/c30-20-8-9-21(19-6-4-17(5-7-19)18-10-12-39(13-11-18)16-28(31,32)33)22(14-20)23-2-1-3-25(38-23)40-26(29(34,35)36)24(15-37-40)43-27(41)42/h1-9,14-15,18H,10-13,16H2,(H,41,42). The Hall–Kier alpha value is -4.46. The molecule has 14 heteroatoms. The molecule has 3 heterocycles. The van der Waals surface area contributed by atoms with Gasteiger partial charge in [0.2, 0.25) is 0 Å². The smallest absolute Gasteiger partial charge is 0.449 e. The Bertz CT molecular complexity index is 1610. The summed E-state index contributed by atoms with van der Waals surface area (Å²) in [5, 5.41) is 12.4. The van der Waals surface area contributed by atoms with Gasteiger partial charge in [0.05, 0.1) is 18.4 Å². The number of likely N-dealkylation sites (tertiary alicyclic amines) is 1. The van der Waals surface area contributed by atoms with Crippen molar-refractivity contribution in [2.24, 2.45) is 0 Å². The predicted octanol–water partition coefficient (Wildman–Crippen LogP) is 7.56. The van der Waals surface area contributed by atoms with Gasteiger partial charge >= 0.3 is 18.5 Å². The largest absolute Gasteiger partial charge is 0.511 e. The van der Waals surface area contributed by atoms with Crippen molar-refractivity contribution in [1.29, 1.82) is 0 Å². The van der Waals surface area contributed by atoms with Crippen molar-refractivity contribution >= 4 is 6.16 Å². The van der Waals surface area contributed by atoms with Crippen molar-refractivity contribution in [3.63, 3.8) is 0 Å². The molecule has 0 saturated carbocycles. The van der Waals surface area contributed by atoms with Crippen molar-refractivity contribution in [3.8, 4) is 34.0 Å². The maximum absolute atomic E-state index is 14.4. The fourth-order valence-corrected chi connectivity index (χ4v) is 5.22. The molecular formula is C29H23F7N4O3. The van der Waals surface area contributed by atoms with Gasteiger partial charge < -0.3 is 9.84 Å². The number of aromatic nitrogens is 3. The number of hydrogen-bond acceptors (Lipinski definition) is 5. The molecule has 0 spiro atoms. The molecule has 0 aliphatic carbocycles. The molecule has 2 aromatic carbocycles. The second kappa shape index (κ2) is 11.7. The lowest BCUT2D eigenvalue weighted by atomic mass is 9.88. The Kier molecular flexibility index (Phi) is 8.14. The Balaban J connectivity index is 1.44. The Labute approximate surface area is 240 Å². The second-order valence-corrected chi connectivity index (χ2v) is 9.99. The van der Waals surface area contributed by atoms with Crippen molar-refractivity contribution < 1.29 is 45.4 Å². The molecule has 5 rings (SSSR count). The summed E-state index contributed by atoms with van der Waals surface area (Å²) >= 11 is 0. The molecule has 226 valence electrons. The molecule has 1 aliphatic heterocycles. The van der Waals surface area contributed by atoms with Gasteiger partial charge in [-0.2, -0.15) is 31.4 Å². The molecule has 0 unspecified atom stereocenters. The van der Waals surface area contributed by atoms with Gasteiger partial charge in [-0.15, -0.1) is 0 Å². The van der Waals surface area contributed by atoms with Crippen molar-refractivity contribution in [2.45, 2.75) is 31.1 Å². The van der Waals surface area contributed by atoms with E-state index in [1.165, 1.54) is 41.3 Å². The van der Waals surface area contributed by atoms with E-state index in [4.69, 9.17) is 5.11 Å². The van der Waals surface area contributed by atoms with Crippen LogP contribution in [0.1, 0.15) is 30.0 Å². The molecule has 0 radical (unpaired) electrons.